The fourth-order valence-electron chi connectivity index (χ4n) is 7.46. The molecule has 13 heteroatoms. The number of amides is 5. The van der Waals surface area contributed by atoms with Gasteiger partial charge >= 0.3 is 6.03 Å². The second kappa shape index (κ2) is 15.4. The van der Waals surface area contributed by atoms with E-state index in [1.165, 1.54) is 12.1 Å². The maximum Gasteiger partial charge on any atom is 0.315 e. The molecule has 12 nitrogen and oxygen atoms in total. The molecule has 0 radical (unpaired) electrons. The summed E-state index contributed by atoms with van der Waals surface area (Å²) in [7, 11) is -3.68. The Balaban J connectivity index is 1.49. The molecule has 0 bridgehead atoms. The average Bonchev–Trinajstić information content (AvgIpc) is 3.35. The van der Waals surface area contributed by atoms with Gasteiger partial charge < -0.3 is 26.2 Å². The van der Waals surface area contributed by atoms with E-state index in [1.54, 1.807) is 29.2 Å². The first-order valence-corrected chi connectivity index (χ1v) is 19.0. The monoisotopic (exact) mass is 699 g/mol. The molecule has 0 spiro atoms. The zero-order valence-corrected chi connectivity index (χ0v) is 30.2. The van der Waals surface area contributed by atoms with Gasteiger partial charge in [-0.15, -0.1) is 6.58 Å². The van der Waals surface area contributed by atoms with Crippen LogP contribution in [0.3, 0.4) is 0 Å². The van der Waals surface area contributed by atoms with Gasteiger partial charge in [-0.1, -0.05) is 57.4 Å². The maximum absolute atomic E-state index is 14.3. The highest BCUT2D eigenvalue weighted by Gasteiger charge is 2.69. The standard InChI is InChI=1S/C36H53N5O7S/c1-7-8-19-26(30(42)32(44)37-20-21-49(47,48)24-17-13-10-14-18-24)38-31(43)29-27-25(36(27,5)6)22-41(29)33(45)28(23-15-11-9-12-16-23)39-34(46)40-35(2,3)4/h7,10,13-14,17-18,23,25-29H,1,8-9,11-12,15-16,19-22H2,2-6H3,(H,37,44)(H,38,43)(H2,39,40,46)/t25-,26-,27-,28-,29-/m0/s1. The Labute approximate surface area is 290 Å². The van der Waals surface area contributed by atoms with Gasteiger partial charge in [0.05, 0.1) is 16.7 Å². The summed E-state index contributed by atoms with van der Waals surface area (Å²) in [5, 5.41) is 11.0. The van der Waals surface area contributed by atoms with Crippen molar-refractivity contribution >= 4 is 39.4 Å². The molecule has 1 aromatic rings. The smallest absolute Gasteiger partial charge is 0.315 e. The fraction of sp³-hybridized carbons (Fsp3) is 0.639. The van der Waals surface area contributed by atoms with E-state index in [2.05, 4.69) is 41.7 Å². The Hall–Kier alpha value is -3.74. The van der Waals surface area contributed by atoms with Crippen molar-refractivity contribution in [2.75, 3.05) is 18.8 Å². The predicted molar refractivity (Wildman–Crippen MR) is 186 cm³/mol. The van der Waals surface area contributed by atoms with Gasteiger partial charge in [0, 0.05) is 18.6 Å². The minimum absolute atomic E-state index is 0.0693. The molecule has 3 fully saturated rings. The molecular weight excluding hydrogens is 646 g/mol. The van der Waals surface area contributed by atoms with Crippen LogP contribution in [-0.2, 0) is 29.0 Å². The van der Waals surface area contributed by atoms with Crippen LogP contribution in [-0.4, -0.2) is 85.4 Å². The topological polar surface area (TPSA) is 171 Å². The summed E-state index contributed by atoms with van der Waals surface area (Å²) in [5.41, 5.74) is -0.722. The van der Waals surface area contributed by atoms with Gasteiger partial charge in [-0.05, 0) is 81.8 Å². The van der Waals surface area contributed by atoms with Crippen LogP contribution in [0.1, 0.15) is 79.6 Å². The third kappa shape index (κ3) is 9.29. The van der Waals surface area contributed by atoms with E-state index in [0.29, 0.717) is 13.0 Å². The van der Waals surface area contributed by atoms with Crippen molar-refractivity contribution < 1.29 is 32.4 Å². The van der Waals surface area contributed by atoms with Gasteiger partial charge in [0.25, 0.3) is 5.91 Å². The number of benzene rings is 1. The number of carbonyl (C=O) groups is 5. The van der Waals surface area contributed by atoms with E-state index in [4.69, 9.17) is 0 Å². The molecule has 0 unspecified atom stereocenters. The molecule has 1 saturated heterocycles. The summed E-state index contributed by atoms with van der Waals surface area (Å²) in [4.78, 5) is 69.5. The number of allylic oxidation sites excluding steroid dienone is 1. The van der Waals surface area contributed by atoms with Crippen LogP contribution in [0, 0.1) is 23.2 Å². The summed E-state index contributed by atoms with van der Waals surface area (Å²) in [6, 6.07) is 4.46. The number of hydrogen-bond acceptors (Lipinski definition) is 7. The molecule has 49 heavy (non-hydrogen) atoms. The number of piperidine rings is 1. The van der Waals surface area contributed by atoms with Crippen molar-refractivity contribution in [3.8, 4) is 0 Å². The predicted octanol–water partition coefficient (Wildman–Crippen LogP) is 3.13. The fourth-order valence-corrected chi connectivity index (χ4v) is 8.64. The lowest BCUT2D eigenvalue weighted by Crippen LogP contribution is -2.61. The molecule has 2 saturated carbocycles. The van der Waals surface area contributed by atoms with Gasteiger partial charge in [0.1, 0.15) is 12.1 Å². The van der Waals surface area contributed by atoms with Gasteiger partial charge in [0.15, 0.2) is 9.84 Å². The Morgan fingerprint density at radius 2 is 1.67 bits per heavy atom. The summed E-state index contributed by atoms with van der Waals surface area (Å²) in [5.74, 6) is -3.32. The van der Waals surface area contributed by atoms with Crippen LogP contribution in [0.4, 0.5) is 4.79 Å². The van der Waals surface area contributed by atoms with Crippen molar-refractivity contribution in [1.29, 1.82) is 0 Å². The second-order valence-electron chi connectivity index (χ2n) is 15.3. The molecule has 0 aromatic heterocycles. The minimum atomic E-state index is -3.68. The summed E-state index contributed by atoms with van der Waals surface area (Å²) in [6.07, 6.45) is 6.54. The second-order valence-corrected chi connectivity index (χ2v) is 17.4. The number of hydrogen-bond donors (Lipinski definition) is 4. The summed E-state index contributed by atoms with van der Waals surface area (Å²) in [6.45, 7) is 13.4. The van der Waals surface area contributed by atoms with E-state index >= 15 is 0 Å². The summed E-state index contributed by atoms with van der Waals surface area (Å²) >= 11 is 0. The highest BCUT2D eigenvalue weighted by Crippen LogP contribution is 2.65. The third-order valence-corrected chi connectivity index (χ3v) is 11.9. The first-order chi connectivity index (χ1) is 23.0. The molecule has 1 aliphatic heterocycles. The average molecular weight is 700 g/mol. The van der Waals surface area contributed by atoms with Gasteiger partial charge in [-0.2, -0.15) is 0 Å². The van der Waals surface area contributed by atoms with Crippen molar-refractivity contribution in [3.05, 3.63) is 43.0 Å². The van der Waals surface area contributed by atoms with E-state index in [1.807, 2.05) is 20.8 Å². The van der Waals surface area contributed by atoms with Gasteiger partial charge in [-0.3, -0.25) is 19.2 Å². The number of rotatable bonds is 14. The van der Waals surface area contributed by atoms with Gasteiger partial charge in [-0.25, -0.2) is 13.2 Å². The molecule has 3 aliphatic rings. The molecule has 5 amide bonds. The Morgan fingerprint density at radius 3 is 2.29 bits per heavy atom. The Kier molecular flexibility index (Phi) is 12.0. The highest BCUT2D eigenvalue weighted by molar-refractivity contribution is 7.91. The van der Waals surface area contributed by atoms with Crippen molar-refractivity contribution in [3.63, 3.8) is 0 Å². The van der Waals surface area contributed by atoms with Crippen molar-refractivity contribution in [1.82, 2.24) is 26.2 Å². The third-order valence-electron chi connectivity index (χ3n) is 10.2. The van der Waals surface area contributed by atoms with Crippen LogP contribution in [0.15, 0.2) is 47.9 Å². The van der Waals surface area contributed by atoms with E-state index in [-0.39, 0.29) is 46.9 Å². The number of fused-ring (bicyclic) bond motifs is 1. The number of urea groups is 1. The molecule has 2 aliphatic carbocycles. The van der Waals surface area contributed by atoms with Crippen molar-refractivity contribution in [2.24, 2.45) is 23.2 Å². The normalized spacial score (nSPS) is 23.0. The molecule has 1 aromatic carbocycles. The quantitative estimate of drug-likeness (QED) is 0.171. The number of Topliss-reactive ketones (excluding diaryl/α,β-unsaturated/α-hetero) is 1. The van der Waals surface area contributed by atoms with Crippen LogP contribution in [0.25, 0.3) is 0 Å². The first kappa shape index (κ1) is 38.1. The van der Waals surface area contributed by atoms with E-state index in [9.17, 15) is 32.4 Å². The van der Waals surface area contributed by atoms with Crippen LogP contribution >= 0.6 is 0 Å². The van der Waals surface area contributed by atoms with Crippen LogP contribution in [0.2, 0.25) is 0 Å². The number of likely N-dealkylation sites (tertiary alicyclic amines) is 1. The zero-order valence-electron chi connectivity index (χ0n) is 29.4. The molecular formula is C36H53N5O7S. The summed E-state index contributed by atoms with van der Waals surface area (Å²) < 4.78 is 25.3. The molecule has 4 N–H and O–H groups in total. The zero-order chi connectivity index (χ0) is 36.1. The number of sulfone groups is 1. The lowest BCUT2D eigenvalue weighted by atomic mass is 9.83. The number of ketones is 1. The highest BCUT2D eigenvalue weighted by atomic mass is 32.2. The largest absolute Gasteiger partial charge is 0.348 e. The molecule has 1 heterocycles. The SMILES string of the molecule is C=CCC[C@H](NC(=O)[C@@H]1[C@@H]2[C@H](CN1C(=O)[C@@H](NC(=O)NC(C)(C)C)C1CCCCC1)C2(C)C)C(=O)C(=O)NCCS(=O)(=O)c1ccccc1. The number of nitrogens with one attached hydrogen (secondary N) is 4. The lowest BCUT2D eigenvalue weighted by molar-refractivity contribution is -0.144. The molecule has 5 atom stereocenters. The Bertz CT molecular complexity index is 1520. The van der Waals surface area contributed by atoms with Crippen LogP contribution < -0.4 is 21.3 Å². The van der Waals surface area contributed by atoms with E-state index in [0.717, 1.165) is 32.1 Å². The minimum Gasteiger partial charge on any atom is -0.348 e. The van der Waals surface area contributed by atoms with Crippen molar-refractivity contribution in [2.45, 2.75) is 108 Å². The molecule has 4 rings (SSSR count). The lowest BCUT2D eigenvalue weighted by Gasteiger charge is -2.37. The van der Waals surface area contributed by atoms with Gasteiger partial charge in [0.2, 0.25) is 17.6 Å². The maximum atomic E-state index is 14.3. The molecule has 270 valence electrons. The Morgan fingerprint density at radius 1 is 1.02 bits per heavy atom. The first-order valence-electron chi connectivity index (χ1n) is 17.4. The van der Waals surface area contributed by atoms with E-state index < -0.39 is 62.9 Å². The number of nitrogens with zero attached hydrogens (tertiary/aromatic N) is 1. The number of carbonyl (C=O) groups excluding carboxylic acids is 5. The van der Waals surface area contributed by atoms with Crippen LogP contribution in [0.5, 0.6) is 0 Å².